The molecule has 0 aliphatic carbocycles. The van der Waals surface area contributed by atoms with E-state index in [9.17, 15) is 5.11 Å². The van der Waals surface area contributed by atoms with Gasteiger partial charge in [0.1, 0.15) is 5.82 Å². The maximum atomic E-state index is 9.66. The zero-order valence-corrected chi connectivity index (χ0v) is 13.3. The van der Waals surface area contributed by atoms with Crippen molar-refractivity contribution in [1.82, 2.24) is 9.88 Å². The van der Waals surface area contributed by atoms with E-state index in [1.54, 1.807) is 13.1 Å². The molecule has 4 nitrogen and oxygen atoms in total. The minimum absolute atomic E-state index is 0.439. The lowest BCUT2D eigenvalue weighted by molar-refractivity contribution is 0.199. The third-order valence-electron chi connectivity index (χ3n) is 3.75. The van der Waals surface area contributed by atoms with Crippen LogP contribution < -0.4 is 4.90 Å². The molecular formula is C16H29N3O. The number of aromatic nitrogens is 1. The zero-order valence-electron chi connectivity index (χ0n) is 13.3. The molecule has 0 radical (unpaired) electrons. The van der Waals surface area contributed by atoms with Crippen LogP contribution in [0, 0.1) is 0 Å². The van der Waals surface area contributed by atoms with Gasteiger partial charge in [-0.25, -0.2) is 4.98 Å². The van der Waals surface area contributed by atoms with Gasteiger partial charge in [-0.15, -0.1) is 0 Å². The van der Waals surface area contributed by atoms with Gasteiger partial charge in [0.2, 0.25) is 0 Å². The molecule has 0 saturated heterocycles. The molecule has 114 valence electrons. The van der Waals surface area contributed by atoms with Crippen molar-refractivity contribution < 1.29 is 5.11 Å². The van der Waals surface area contributed by atoms with Gasteiger partial charge in [-0.2, -0.15) is 0 Å². The van der Waals surface area contributed by atoms with Crippen molar-refractivity contribution >= 4 is 5.82 Å². The smallest absolute Gasteiger partial charge is 0.128 e. The monoisotopic (exact) mass is 279 g/mol. The number of pyridine rings is 1. The Hall–Kier alpha value is -1.13. The third-order valence-corrected chi connectivity index (χ3v) is 3.75. The number of hydrogen-bond donors (Lipinski definition) is 1. The van der Waals surface area contributed by atoms with Gasteiger partial charge < -0.3 is 14.9 Å². The summed E-state index contributed by atoms with van der Waals surface area (Å²) in [5.74, 6) is 0.963. The fraction of sp³-hybridized carbons (Fsp3) is 0.688. The molecule has 0 aliphatic rings. The predicted octanol–water partition coefficient (Wildman–Crippen LogP) is 2.69. The van der Waals surface area contributed by atoms with E-state index >= 15 is 0 Å². The van der Waals surface area contributed by atoms with Gasteiger partial charge in [0.25, 0.3) is 0 Å². The SMILES string of the molecule is CCN(CC)CCCN(CC)c1cc(C(C)O)ccn1. The summed E-state index contributed by atoms with van der Waals surface area (Å²) >= 11 is 0. The second kappa shape index (κ2) is 8.93. The molecule has 0 aliphatic heterocycles. The van der Waals surface area contributed by atoms with Crippen LogP contribution >= 0.6 is 0 Å². The molecule has 1 heterocycles. The average molecular weight is 279 g/mol. The maximum absolute atomic E-state index is 9.66. The molecular weight excluding hydrogens is 250 g/mol. The first-order valence-electron chi connectivity index (χ1n) is 7.73. The highest BCUT2D eigenvalue weighted by atomic mass is 16.3. The van der Waals surface area contributed by atoms with E-state index in [-0.39, 0.29) is 0 Å². The van der Waals surface area contributed by atoms with E-state index in [1.807, 2.05) is 12.1 Å². The van der Waals surface area contributed by atoms with Crippen molar-refractivity contribution in [3.8, 4) is 0 Å². The molecule has 4 heteroatoms. The molecule has 1 unspecified atom stereocenters. The lowest BCUT2D eigenvalue weighted by atomic mass is 10.1. The molecule has 1 rings (SSSR count). The summed E-state index contributed by atoms with van der Waals surface area (Å²) in [5, 5.41) is 9.66. The second-order valence-corrected chi connectivity index (χ2v) is 5.08. The highest BCUT2D eigenvalue weighted by Crippen LogP contribution is 2.18. The fourth-order valence-electron chi connectivity index (χ4n) is 2.33. The normalized spacial score (nSPS) is 12.7. The van der Waals surface area contributed by atoms with E-state index in [1.165, 1.54) is 0 Å². The molecule has 20 heavy (non-hydrogen) atoms. The minimum atomic E-state index is -0.439. The van der Waals surface area contributed by atoms with Gasteiger partial charge in [-0.1, -0.05) is 13.8 Å². The van der Waals surface area contributed by atoms with Crippen LogP contribution in [-0.2, 0) is 0 Å². The van der Waals surface area contributed by atoms with Crippen LogP contribution in [0.25, 0.3) is 0 Å². The largest absolute Gasteiger partial charge is 0.389 e. The van der Waals surface area contributed by atoms with E-state index in [4.69, 9.17) is 0 Å². The van der Waals surface area contributed by atoms with Crippen LogP contribution in [0.2, 0.25) is 0 Å². The molecule has 0 saturated carbocycles. The van der Waals surface area contributed by atoms with E-state index in [0.717, 1.165) is 50.5 Å². The summed E-state index contributed by atoms with van der Waals surface area (Å²) in [7, 11) is 0. The number of hydrogen-bond acceptors (Lipinski definition) is 4. The minimum Gasteiger partial charge on any atom is -0.389 e. The predicted molar refractivity (Wildman–Crippen MR) is 85.2 cm³/mol. The van der Waals surface area contributed by atoms with Gasteiger partial charge in [-0.05, 0) is 57.6 Å². The highest BCUT2D eigenvalue weighted by molar-refractivity contribution is 5.41. The molecule has 0 aromatic carbocycles. The van der Waals surface area contributed by atoms with Gasteiger partial charge in [0, 0.05) is 19.3 Å². The van der Waals surface area contributed by atoms with Gasteiger partial charge in [-0.3, -0.25) is 0 Å². The molecule has 1 N–H and O–H groups in total. The Kier molecular flexibility index (Phi) is 7.55. The van der Waals surface area contributed by atoms with Crippen LogP contribution in [0.5, 0.6) is 0 Å². The van der Waals surface area contributed by atoms with Crippen LogP contribution in [0.3, 0.4) is 0 Å². The summed E-state index contributed by atoms with van der Waals surface area (Å²) < 4.78 is 0. The van der Waals surface area contributed by atoms with Gasteiger partial charge in [0.15, 0.2) is 0 Å². The molecule has 0 bridgehead atoms. The topological polar surface area (TPSA) is 39.6 Å². The Morgan fingerprint density at radius 3 is 2.40 bits per heavy atom. The Labute approximate surface area is 123 Å². The van der Waals surface area contributed by atoms with Crippen LogP contribution in [0.1, 0.15) is 45.8 Å². The lowest BCUT2D eigenvalue weighted by Crippen LogP contribution is -2.30. The van der Waals surface area contributed by atoms with Gasteiger partial charge in [0.05, 0.1) is 6.10 Å². The summed E-state index contributed by atoms with van der Waals surface area (Å²) in [6.45, 7) is 13.6. The maximum Gasteiger partial charge on any atom is 0.128 e. The second-order valence-electron chi connectivity index (χ2n) is 5.08. The van der Waals surface area contributed by atoms with E-state index < -0.39 is 6.10 Å². The Morgan fingerprint density at radius 1 is 1.15 bits per heavy atom. The van der Waals surface area contributed by atoms with Crippen molar-refractivity contribution in [2.24, 2.45) is 0 Å². The Balaban J connectivity index is 2.59. The van der Waals surface area contributed by atoms with Gasteiger partial charge >= 0.3 is 0 Å². The number of rotatable bonds is 9. The molecule has 0 spiro atoms. The number of nitrogens with zero attached hydrogens (tertiary/aromatic N) is 3. The van der Waals surface area contributed by atoms with Crippen molar-refractivity contribution in [3.05, 3.63) is 23.9 Å². The summed E-state index contributed by atoms with van der Waals surface area (Å²) in [4.78, 5) is 9.14. The quantitative estimate of drug-likeness (QED) is 0.754. The van der Waals surface area contributed by atoms with Crippen LogP contribution in [-0.4, -0.2) is 47.7 Å². The average Bonchev–Trinajstić information content (AvgIpc) is 2.48. The third kappa shape index (κ3) is 5.10. The summed E-state index contributed by atoms with van der Waals surface area (Å²) in [5.41, 5.74) is 0.928. The molecule has 0 amide bonds. The van der Waals surface area contributed by atoms with E-state index in [2.05, 4.69) is 35.6 Å². The molecule has 1 aromatic rings. The number of aliphatic hydroxyl groups excluding tert-OH is 1. The van der Waals surface area contributed by atoms with E-state index in [0.29, 0.717) is 0 Å². The highest BCUT2D eigenvalue weighted by Gasteiger charge is 2.09. The summed E-state index contributed by atoms with van der Waals surface area (Å²) in [6.07, 6.45) is 2.48. The molecule has 1 aromatic heterocycles. The standard InChI is InChI=1S/C16H29N3O/c1-5-18(6-2)11-8-12-19(7-3)16-13-15(14(4)20)9-10-17-16/h9-10,13-14,20H,5-8,11-12H2,1-4H3. The van der Waals surface area contributed by atoms with Crippen LogP contribution in [0.4, 0.5) is 5.82 Å². The zero-order chi connectivity index (χ0) is 15.0. The number of anilines is 1. The lowest BCUT2D eigenvalue weighted by Gasteiger charge is -2.25. The van der Waals surface area contributed by atoms with Crippen molar-refractivity contribution in [3.63, 3.8) is 0 Å². The molecule has 0 fully saturated rings. The van der Waals surface area contributed by atoms with Crippen LogP contribution in [0.15, 0.2) is 18.3 Å². The summed E-state index contributed by atoms with van der Waals surface area (Å²) in [6, 6.07) is 3.86. The van der Waals surface area contributed by atoms with Crippen molar-refractivity contribution in [2.45, 2.75) is 40.2 Å². The number of aliphatic hydroxyl groups is 1. The van der Waals surface area contributed by atoms with Crippen molar-refractivity contribution in [2.75, 3.05) is 37.6 Å². The first-order valence-corrected chi connectivity index (χ1v) is 7.73. The fourth-order valence-corrected chi connectivity index (χ4v) is 2.33. The first-order chi connectivity index (χ1) is 9.62. The molecule has 1 atom stereocenters. The van der Waals surface area contributed by atoms with Crippen molar-refractivity contribution in [1.29, 1.82) is 0 Å². The Morgan fingerprint density at radius 2 is 1.85 bits per heavy atom. The Bertz CT molecular complexity index is 378. The first kappa shape index (κ1) is 16.9.